The molecule has 0 spiro atoms. The van der Waals surface area contributed by atoms with E-state index in [1.54, 1.807) is 0 Å². The van der Waals surface area contributed by atoms with Gasteiger partial charge in [-0.2, -0.15) is 0 Å². The number of nitrogens with zero attached hydrogens (tertiary/aromatic N) is 1. The number of carbonyl (C=O) groups is 3. The van der Waals surface area contributed by atoms with Crippen molar-refractivity contribution in [3.63, 3.8) is 0 Å². The maximum absolute atomic E-state index is 12.5. The number of carboxylic acid groups (broad SMARTS) is 1. The van der Waals surface area contributed by atoms with Gasteiger partial charge in [-0.05, 0) is 18.1 Å². The second-order valence-electron chi connectivity index (χ2n) is 4.95. The van der Waals surface area contributed by atoms with Crippen molar-refractivity contribution >= 4 is 29.1 Å². The Morgan fingerprint density at radius 3 is 2.60 bits per heavy atom. The third kappa shape index (κ3) is 2.67. The maximum Gasteiger partial charge on any atom is 0.345 e. The molecule has 1 aromatic heterocycles. The molecular weight excluding hydrogens is 280 g/mol. The van der Waals surface area contributed by atoms with E-state index >= 15 is 0 Å². The highest BCUT2D eigenvalue weighted by molar-refractivity contribution is 7.15. The Labute approximate surface area is 120 Å². The molecule has 2 rings (SSSR count). The van der Waals surface area contributed by atoms with E-state index < -0.39 is 12.0 Å². The molecule has 0 saturated carbocycles. The second-order valence-corrected chi connectivity index (χ2v) is 6.03. The normalized spacial score (nSPS) is 19.1. The molecule has 6 nitrogen and oxygen atoms in total. The van der Waals surface area contributed by atoms with Gasteiger partial charge in [-0.25, -0.2) is 4.79 Å². The summed E-state index contributed by atoms with van der Waals surface area (Å²) < 4.78 is 0. The first-order chi connectivity index (χ1) is 9.41. The predicted octanol–water partition coefficient (Wildman–Crippen LogP) is 1.04. The quantitative estimate of drug-likeness (QED) is 0.872. The monoisotopic (exact) mass is 296 g/mol. The standard InChI is InChI=1S/C13H16N2O4S/c1-7(2)10-11(16)14-5-6-15(10)12(17)8-3-4-9(20-8)13(18)19/h3-4,7,10H,5-6H2,1-2H3,(H,14,16)(H,18,19)/t10-/m1/s1. The molecule has 7 heteroatoms. The average Bonchev–Trinajstić information content (AvgIpc) is 2.86. The van der Waals surface area contributed by atoms with Crippen molar-refractivity contribution in [3.8, 4) is 0 Å². The molecule has 2 amide bonds. The molecule has 20 heavy (non-hydrogen) atoms. The highest BCUT2D eigenvalue weighted by atomic mass is 32.1. The summed E-state index contributed by atoms with van der Waals surface area (Å²) in [5.74, 6) is -1.49. The molecule has 1 atom stereocenters. The Bertz CT molecular complexity index is 552. The number of rotatable bonds is 3. The largest absolute Gasteiger partial charge is 0.477 e. The zero-order valence-corrected chi connectivity index (χ0v) is 12.1. The summed E-state index contributed by atoms with van der Waals surface area (Å²) >= 11 is 0.935. The number of hydrogen-bond acceptors (Lipinski definition) is 4. The summed E-state index contributed by atoms with van der Waals surface area (Å²) in [7, 11) is 0. The molecule has 0 radical (unpaired) electrons. The van der Waals surface area contributed by atoms with Crippen LogP contribution in [0.15, 0.2) is 12.1 Å². The van der Waals surface area contributed by atoms with E-state index in [1.807, 2.05) is 13.8 Å². The van der Waals surface area contributed by atoms with Crippen LogP contribution in [-0.4, -0.2) is 46.9 Å². The van der Waals surface area contributed by atoms with Gasteiger partial charge in [0, 0.05) is 13.1 Å². The van der Waals surface area contributed by atoms with Crippen molar-refractivity contribution in [2.75, 3.05) is 13.1 Å². The van der Waals surface area contributed by atoms with E-state index in [-0.39, 0.29) is 22.6 Å². The summed E-state index contributed by atoms with van der Waals surface area (Å²) in [6, 6.07) is 2.40. The first kappa shape index (κ1) is 14.5. The van der Waals surface area contributed by atoms with Crippen LogP contribution in [0, 0.1) is 5.92 Å². The minimum atomic E-state index is -1.05. The van der Waals surface area contributed by atoms with Crippen LogP contribution in [0.25, 0.3) is 0 Å². The smallest absolute Gasteiger partial charge is 0.345 e. The van der Waals surface area contributed by atoms with Crippen LogP contribution in [0.5, 0.6) is 0 Å². The zero-order chi connectivity index (χ0) is 14.9. The van der Waals surface area contributed by atoms with Gasteiger partial charge in [0.25, 0.3) is 5.91 Å². The molecule has 0 bridgehead atoms. The number of nitrogens with one attached hydrogen (secondary N) is 1. The molecule has 1 fully saturated rings. The highest BCUT2D eigenvalue weighted by Crippen LogP contribution is 2.22. The fourth-order valence-corrected chi connectivity index (χ4v) is 3.09. The predicted molar refractivity (Wildman–Crippen MR) is 74.0 cm³/mol. The van der Waals surface area contributed by atoms with Crippen LogP contribution in [-0.2, 0) is 4.79 Å². The molecule has 0 unspecified atom stereocenters. The number of amides is 2. The van der Waals surface area contributed by atoms with Gasteiger partial charge < -0.3 is 15.3 Å². The fraction of sp³-hybridized carbons (Fsp3) is 0.462. The van der Waals surface area contributed by atoms with E-state index in [4.69, 9.17) is 5.11 Å². The zero-order valence-electron chi connectivity index (χ0n) is 11.3. The van der Waals surface area contributed by atoms with Gasteiger partial charge in [0.05, 0.1) is 4.88 Å². The summed E-state index contributed by atoms with van der Waals surface area (Å²) in [5.41, 5.74) is 0. The van der Waals surface area contributed by atoms with E-state index in [0.717, 1.165) is 11.3 Å². The number of thiophene rings is 1. The lowest BCUT2D eigenvalue weighted by Crippen LogP contribution is -2.59. The van der Waals surface area contributed by atoms with Crippen LogP contribution < -0.4 is 5.32 Å². The molecule has 0 aliphatic carbocycles. The third-order valence-electron chi connectivity index (χ3n) is 3.18. The molecule has 1 saturated heterocycles. The Balaban J connectivity index is 2.25. The molecule has 1 aromatic rings. The van der Waals surface area contributed by atoms with Gasteiger partial charge in [-0.3, -0.25) is 9.59 Å². The van der Waals surface area contributed by atoms with Crippen molar-refractivity contribution in [3.05, 3.63) is 21.9 Å². The van der Waals surface area contributed by atoms with E-state index in [0.29, 0.717) is 18.0 Å². The Kier molecular flexibility index (Phi) is 4.08. The summed E-state index contributed by atoms with van der Waals surface area (Å²) in [5, 5.41) is 11.6. The third-order valence-corrected chi connectivity index (χ3v) is 4.24. The van der Waals surface area contributed by atoms with Crippen LogP contribution in [0.4, 0.5) is 0 Å². The summed E-state index contributed by atoms with van der Waals surface area (Å²) in [4.78, 5) is 37.2. The minimum absolute atomic E-state index is 0.00171. The first-order valence-electron chi connectivity index (χ1n) is 6.33. The lowest BCUT2D eigenvalue weighted by atomic mass is 9.99. The van der Waals surface area contributed by atoms with Gasteiger partial charge in [0.2, 0.25) is 5.91 Å². The highest BCUT2D eigenvalue weighted by Gasteiger charge is 2.36. The summed E-state index contributed by atoms with van der Waals surface area (Å²) in [6.07, 6.45) is 0. The topological polar surface area (TPSA) is 86.7 Å². The van der Waals surface area contributed by atoms with Crippen molar-refractivity contribution < 1.29 is 19.5 Å². The van der Waals surface area contributed by atoms with Crippen molar-refractivity contribution in [1.82, 2.24) is 10.2 Å². The molecule has 1 aliphatic heterocycles. The molecule has 2 heterocycles. The van der Waals surface area contributed by atoms with E-state index in [1.165, 1.54) is 17.0 Å². The minimum Gasteiger partial charge on any atom is -0.477 e. The average molecular weight is 296 g/mol. The van der Waals surface area contributed by atoms with Crippen LogP contribution in [0.2, 0.25) is 0 Å². The van der Waals surface area contributed by atoms with Gasteiger partial charge in [0.1, 0.15) is 10.9 Å². The molecule has 1 aliphatic rings. The Morgan fingerprint density at radius 2 is 2.05 bits per heavy atom. The van der Waals surface area contributed by atoms with Gasteiger partial charge >= 0.3 is 5.97 Å². The van der Waals surface area contributed by atoms with Crippen molar-refractivity contribution in [2.45, 2.75) is 19.9 Å². The first-order valence-corrected chi connectivity index (χ1v) is 7.15. The van der Waals surface area contributed by atoms with Gasteiger partial charge in [-0.1, -0.05) is 13.8 Å². The van der Waals surface area contributed by atoms with Gasteiger partial charge in [-0.15, -0.1) is 11.3 Å². The number of carbonyl (C=O) groups excluding carboxylic acids is 2. The number of hydrogen-bond donors (Lipinski definition) is 2. The molecule has 0 aromatic carbocycles. The van der Waals surface area contributed by atoms with Gasteiger partial charge in [0.15, 0.2) is 0 Å². The maximum atomic E-state index is 12.5. The molecular formula is C13H16N2O4S. The lowest BCUT2D eigenvalue weighted by molar-refractivity contribution is -0.129. The second kappa shape index (κ2) is 5.62. The number of piperazine rings is 1. The summed E-state index contributed by atoms with van der Waals surface area (Å²) in [6.45, 7) is 4.62. The van der Waals surface area contributed by atoms with Crippen molar-refractivity contribution in [1.29, 1.82) is 0 Å². The number of carboxylic acids is 1. The van der Waals surface area contributed by atoms with Crippen molar-refractivity contribution in [2.24, 2.45) is 5.92 Å². The molecule has 108 valence electrons. The van der Waals surface area contributed by atoms with Crippen LogP contribution in [0.3, 0.4) is 0 Å². The molecule has 2 N–H and O–H groups in total. The Morgan fingerprint density at radius 1 is 1.40 bits per heavy atom. The van der Waals surface area contributed by atoms with Crippen LogP contribution >= 0.6 is 11.3 Å². The number of aromatic carboxylic acids is 1. The lowest BCUT2D eigenvalue weighted by Gasteiger charge is -2.37. The fourth-order valence-electron chi connectivity index (χ4n) is 2.28. The van der Waals surface area contributed by atoms with E-state index in [2.05, 4.69) is 5.32 Å². The van der Waals surface area contributed by atoms with Crippen LogP contribution in [0.1, 0.15) is 33.2 Å². The Hall–Kier alpha value is -1.89. The van der Waals surface area contributed by atoms with E-state index in [9.17, 15) is 14.4 Å². The SMILES string of the molecule is CC(C)[C@@H]1C(=O)NCCN1C(=O)c1ccc(C(=O)O)s1.